The van der Waals surface area contributed by atoms with Crippen molar-refractivity contribution in [1.29, 1.82) is 0 Å². The summed E-state index contributed by atoms with van der Waals surface area (Å²) in [5, 5.41) is 19.2. The van der Waals surface area contributed by atoms with Gasteiger partial charge in [-0.05, 0) is 82.3 Å². The second-order valence-corrected chi connectivity index (χ2v) is 10.8. The number of benzene rings is 2. The third-order valence-electron chi connectivity index (χ3n) is 6.98. The van der Waals surface area contributed by atoms with Gasteiger partial charge in [0.05, 0.1) is 16.2 Å². The summed E-state index contributed by atoms with van der Waals surface area (Å²) in [6.07, 6.45) is 2.31. The first kappa shape index (κ1) is 25.4. The van der Waals surface area contributed by atoms with Gasteiger partial charge >= 0.3 is 6.16 Å². The first-order chi connectivity index (χ1) is 18.1. The summed E-state index contributed by atoms with van der Waals surface area (Å²) >= 11 is 0. The van der Waals surface area contributed by atoms with Gasteiger partial charge in [-0.25, -0.2) is 9.48 Å². The van der Waals surface area contributed by atoms with Crippen molar-refractivity contribution in [2.45, 2.75) is 70.4 Å². The number of hydrogen-bond donors (Lipinski definition) is 1. The minimum atomic E-state index is -0.831. The molecule has 198 valence electrons. The van der Waals surface area contributed by atoms with Gasteiger partial charge in [-0.2, -0.15) is 5.10 Å². The van der Waals surface area contributed by atoms with Crippen LogP contribution in [0.5, 0.6) is 5.75 Å². The summed E-state index contributed by atoms with van der Waals surface area (Å²) < 4.78 is 12.7. The number of fused-ring (bicyclic) bond motifs is 1. The molecule has 5 rings (SSSR count). The van der Waals surface area contributed by atoms with Crippen LogP contribution in [0.15, 0.2) is 48.5 Å². The number of carbonyl (C=O) groups excluding carboxylic acids is 2. The molecule has 2 aliphatic carbocycles. The predicted molar refractivity (Wildman–Crippen MR) is 140 cm³/mol. The highest BCUT2D eigenvalue weighted by Crippen LogP contribution is 2.38. The van der Waals surface area contributed by atoms with Gasteiger partial charge in [0, 0.05) is 41.8 Å². The van der Waals surface area contributed by atoms with Crippen molar-refractivity contribution in [2.75, 3.05) is 5.32 Å². The molecule has 1 heterocycles. The largest absolute Gasteiger partial charge is 0.514 e. The molecule has 1 fully saturated rings. The average molecular weight is 519 g/mol. The van der Waals surface area contributed by atoms with Gasteiger partial charge in [0.1, 0.15) is 17.7 Å². The van der Waals surface area contributed by atoms with Crippen molar-refractivity contribution in [1.82, 2.24) is 9.78 Å². The number of nitrogens with zero attached hydrogens (tertiary/aromatic N) is 3. The first-order valence-corrected chi connectivity index (χ1v) is 12.7. The molecule has 1 N–H and O–H groups in total. The fourth-order valence-electron chi connectivity index (χ4n) is 5.09. The molecule has 0 saturated heterocycles. The molecule has 2 atom stereocenters. The summed E-state index contributed by atoms with van der Waals surface area (Å²) in [4.78, 5) is 34.6. The van der Waals surface area contributed by atoms with Crippen LogP contribution in [0.1, 0.15) is 74.0 Å². The topological polar surface area (TPSA) is 126 Å². The van der Waals surface area contributed by atoms with Crippen molar-refractivity contribution >= 4 is 29.1 Å². The summed E-state index contributed by atoms with van der Waals surface area (Å²) in [6.45, 7) is 6.27. The second kappa shape index (κ2) is 9.92. The number of non-ortho nitro benzene ring substituents is 1. The maximum Gasteiger partial charge on any atom is 0.514 e. The van der Waals surface area contributed by atoms with E-state index in [4.69, 9.17) is 14.6 Å². The minimum absolute atomic E-state index is 0.0841. The van der Waals surface area contributed by atoms with E-state index in [1.807, 2.05) is 28.9 Å². The van der Waals surface area contributed by atoms with Crippen molar-refractivity contribution in [3.05, 3.63) is 75.5 Å². The van der Waals surface area contributed by atoms with Gasteiger partial charge in [-0.15, -0.1) is 0 Å². The number of hydrogen-bond acceptors (Lipinski definition) is 8. The molecule has 0 radical (unpaired) electrons. The van der Waals surface area contributed by atoms with Crippen LogP contribution in [-0.4, -0.2) is 32.7 Å². The molecule has 0 amide bonds. The molecule has 1 aromatic heterocycles. The molecule has 0 spiro atoms. The zero-order chi connectivity index (χ0) is 27.0. The van der Waals surface area contributed by atoms with Crippen LogP contribution in [0.3, 0.4) is 0 Å². The van der Waals surface area contributed by atoms with Crippen LogP contribution in [0, 0.1) is 10.1 Å². The van der Waals surface area contributed by atoms with Crippen LogP contribution in [-0.2, 0) is 16.7 Å². The Kier molecular flexibility index (Phi) is 6.64. The Morgan fingerprint density at radius 1 is 1.11 bits per heavy atom. The number of carbonyl (C=O) groups is 2. The number of nitro groups is 1. The number of Topliss-reactive ketones (excluding diaryl/α,β-unsaturated/α-hetero) is 1. The van der Waals surface area contributed by atoms with Gasteiger partial charge < -0.3 is 14.8 Å². The fourth-order valence-corrected chi connectivity index (χ4v) is 5.09. The first-order valence-electron chi connectivity index (χ1n) is 12.7. The number of ketones is 1. The van der Waals surface area contributed by atoms with Gasteiger partial charge in [-0.3, -0.25) is 14.9 Å². The molecule has 3 aromatic rings. The molecule has 10 nitrogen and oxygen atoms in total. The standard InChI is InChI=1S/C28H30N4O6/c1-28(2,3)31-26(29-19-6-12-23-17(14-19)5-13-25(23)33)16-24(30-31)18-4-9-22(15-18)38-27(34)37-21-10-7-20(8-11-21)32(35)36/h6-8,10-12,14,16,18,22,29H,4-5,9,13,15H2,1-3H3/t18-,22+/m0/s1. The van der Waals surface area contributed by atoms with Gasteiger partial charge in [-0.1, -0.05) is 0 Å². The van der Waals surface area contributed by atoms with E-state index < -0.39 is 11.1 Å². The Hall–Kier alpha value is -4.21. The van der Waals surface area contributed by atoms with Crippen molar-refractivity contribution in [3.63, 3.8) is 0 Å². The highest BCUT2D eigenvalue weighted by atomic mass is 16.7. The lowest BCUT2D eigenvalue weighted by Crippen LogP contribution is -2.24. The summed E-state index contributed by atoms with van der Waals surface area (Å²) in [5.41, 5.74) is 3.36. The van der Waals surface area contributed by atoms with E-state index in [2.05, 4.69) is 26.1 Å². The van der Waals surface area contributed by atoms with Crippen molar-refractivity contribution < 1.29 is 24.0 Å². The number of anilines is 2. The Balaban J connectivity index is 1.24. The molecule has 10 heteroatoms. The smallest absolute Gasteiger partial charge is 0.431 e. The van der Waals surface area contributed by atoms with Crippen LogP contribution >= 0.6 is 0 Å². The second-order valence-electron chi connectivity index (χ2n) is 10.8. The predicted octanol–water partition coefficient (Wildman–Crippen LogP) is 6.27. The number of nitro benzene ring substituents is 1. The SMILES string of the molecule is CC(C)(C)n1nc([C@H]2CC[C@@H](OC(=O)Oc3ccc([N+](=O)[O-])cc3)C2)cc1Nc1ccc2c(c1)CCC2=O. The van der Waals surface area contributed by atoms with E-state index in [-0.39, 0.29) is 34.8 Å². The summed E-state index contributed by atoms with van der Waals surface area (Å²) in [7, 11) is 0. The fraction of sp³-hybridized carbons (Fsp3) is 0.393. The van der Waals surface area contributed by atoms with Crippen molar-refractivity contribution in [2.24, 2.45) is 0 Å². The van der Waals surface area contributed by atoms with E-state index in [9.17, 15) is 19.7 Å². The summed E-state index contributed by atoms with van der Waals surface area (Å²) in [5.74, 6) is 1.36. The van der Waals surface area contributed by atoms with Crippen LogP contribution in [0.25, 0.3) is 0 Å². The molecule has 2 aromatic carbocycles. The zero-order valence-electron chi connectivity index (χ0n) is 21.6. The van der Waals surface area contributed by atoms with Gasteiger partial charge in [0.25, 0.3) is 5.69 Å². The lowest BCUT2D eigenvalue weighted by atomic mass is 10.0. The lowest BCUT2D eigenvalue weighted by molar-refractivity contribution is -0.384. The number of rotatable bonds is 6. The monoisotopic (exact) mass is 518 g/mol. The third kappa shape index (κ3) is 5.39. The quantitative estimate of drug-likeness (QED) is 0.175. The van der Waals surface area contributed by atoms with E-state index in [0.717, 1.165) is 41.2 Å². The van der Waals surface area contributed by atoms with Crippen LogP contribution in [0.4, 0.5) is 22.0 Å². The molecule has 0 bridgehead atoms. The number of nitrogens with one attached hydrogen (secondary N) is 1. The van der Waals surface area contributed by atoms with E-state index >= 15 is 0 Å². The highest BCUT2D eigenvalue weighted by molar-refractivity contribution is 6.00. The molecule has 0 aliphatic heterocycles. The zero-order valence-corrected chi connectivity index (χ0v) is 21.6. The Labute approximate surface area is 220 Å². The highest BCUT2D eigenvalue weighted by Gasteiger charge is 2.32. The van der Waals surface area contributed by atoms with E-state index in [1.54, 1.807) is 0 Å². The number of ether oxygens (including phenoxy) is 2. The molecular weight excluding hydrogens is 488 g/mol. The Bertz CT molecular complexity index is 1390. The number of aromatic nitrogens is 2. The maximum absolute atomic E-state index is 12.3. The van der Waals surface area contributed by atoms with Crippen LogP contribution in [0.2, 0.25) is 0 Å². The molecule has 38 heavy (non-hydrogen) atoms. The molecule has 2 aliphatic rings. The number of aryl methyl sites for hydroxylation is 1. The average Bonchev–Trinajstić information content (AvgIpc) is 3.58. The minimum Gasteiger partial charge on any atom is -0.431 e. The molecule has 0 unspecified atom stereocenters. The Morgan fingerprint density at radius 3 is 2.58 bits per heavy atom. The normalized spacial score (nSPS) is 18.8. The summed E-state index contributed by atoms with van der Waals surface area (Å²) in [6, 6.07) is 13.2. The molecule has 1 saturated carbocycles. The van der Waals surface area contributed by atoms with Gasteiger partial charge in [0.2, 0.25) is 0 Å². The molecular formula is C28H30N4O6. The van der Waals surface area contributed by atoms with E-state index in [1.165, 1.54) is 24.3 Å². The van der Waals surface area contributed by atoms with E-state index in [0.29, 0.717) is 19.3 Å². The third-order valence-corrected chi connectivity index (χ3v) is 6.98. The van der Waals surface area contributed by atoms with Crippen LogP contribution < -0.4 is 10.1 Å². The van der Waals surface area contributed by atoms with Crippen molar-refractivity contribution in [3.8, 4) is 5.75 Å². The maximum atomic E-state index is 12.3. The Morgan fingerprint density at radius 2 is 1.87 bits per heavy atom. The lowest BCUT2D eigenvalue weighted by Gasteiger charge is -2.23. The van der Waals surface area contributed by atoms with Gasteiger partial charge in [0.15, 0.2) is 5.78 Å².